The molecule has 1 aromatic rings. The van der Waals surface area contributed by atoms with Gasteiger partial charge in [-0.25, -0.2) is 0 Å². The Morgan fingerprint density at radius 2 is 2.26 bits per heavy atom. The van der Waals surface area contributed by atoms with Crippen molar-refractivity contribution in [2.75, 3.05) is 30.5 Å². The Hall–Kier alpha value is -1.71. The van der Waals surface area contributed by atoms with E-state index >= 15 is 0 Å². The number of methoxy groups -OCH3 is 1. The van der Waals surface area contributed by atoms with Crippen LogP contribution in [0.4, 0.5) is 5.69 Å². The quantitative estimate of drug-likeness (QED) is 0.816. The van der Waals surface area contributed by atoms with Crippen LogP contribution in [0.1, 0.15) is 12.0 Å². The first-order valence-electron chi connectivity index (χ1n) is 5.79. The zero-order valence-electron chi connectivity index (χ0n) is 10.7. The molecule has 0 saturated carbocycles. The van der Waals surface area contributed by atoms with E-state index in [9.17, 15) is 9.00 Å². The monoisotopic (exact) mass is 280 g/mol. The number of amides is 1. The van der Waals surface area contributed by atoms with E-state index in [-0.39, 0.29) is 12.3 Å². The Morgan fingerprint density at radius 1 is 1.47 bits per heavy atom. The third-order valence-electron chi connectivity index (χ3n) is 2.35. The summed E-state index contributed by atoms with van der Waals surface area (Å²) in [4.78, 5) is 11.6. The predicted molar refractivity (Wildman–Crippen MR) is 74.2 cm³/mol. The summed E-state index contributed by atoms with van der Waals surface area (Å²) in [6, 6.07) is 8.67. The summed E-state index contributed by atoms with van der Waals surface area (Å²) in [7, 11) is 0.505. The summed E-state index contributed by atoms with van der Waals surface area (Å²) in [6.07, 6.45) is 0.188. The molecule has 1 N–H and O–H groups in total. The van der Waals surface area contributed by atoms with E-state index in [4.69, 9.17) is 10.00 Å². The topological polar surface area (TPSA) is 79.2 Å². The predicted octanol–water partition coefficient (Wildman–Crippen LogP) is 1.28. The first kappa shape index (κ1) is 15.3. The van der Waals surface area contributed by atoms with Gasteiger partial charge in [-0.15, -0.1) is 0 Å². The van der Waals surface area contributed by atoms with Crippen LogP contribution in [0.15, 0.2) is 24.3 Å². The van der Waals surface area contributed by atoms with Gasteiger partial charge in [0.25, 0.3) is 0 Å². The second-order valence-corrected chi connectivity index (χ2v) is 5.53. The summed E-state index contributed by atoms with van der Waals surface area (Å²) in [6.45, 7) is 0.429. The molecule has 1 amide bonds. The van der Waals surface area contributed by atoms with Gasteiger partial charge in [-0.1, -0.05) is 6.07 Å². The molecule has 0 aliphatic heterocycles. The second-order valence-electron chi connectivity index (χ2n) is 3.83. The van der Waals surface area contributed by atoms with E-state index in [2.05, 4.69) is 5.32 Å². The molecule has 0 heterocycles. The van der Waals surface area contributed by atoms with Crippen molar-refractivity contribution >= 4 is 22.4 Å². The van der Waals surface area contributed by atoms with E-state index in [1.54, 1.807) is 31.4 Å². The number of carbonyl (C=O) groups excluding carboxylic acids is 1. The molecular weight excluding hydrogens is 264 g/mol. The summed E-state index contributed by atoms with van der Waals surface area (Å²) >= 11 is 0. The van der Waals surface area contributed by atoms with Gasteiger partial charge in [0.15, 0.2) is 0 Å². The number of ether oxygens (including phenoxy) is 1. The van der Waals surface area contributed by atoms with E-state index in [0.717, 1.165) is 0 Å². The summed E-state index contributed by atoms with van der Waals surface area (Å²) in [5.74, 6) is 0.543. The molecule has 5 nitrogen and oxygen atoms in total. The number of hydrogen-bond donors (Lipinski definition) is 1. The van der Waals surface area contributed by atoms with Gasteiger partial charge in [-0.2, -0.15) is 5.26 Å². The van der Waals surface area contributed by atoms with E-state index in [0.29, 0.717) is 29.4 Å². The highest BCUT2D eigenvalue weighted by Gasteiger charge is 2.06. The molecule has 0 bridgehead atoms. The fourth-order valence-electron chi connectivity index (χ4n) is 1.37. The molecule has 0 aromatic heterocycles. The van der Waals surface area contributed by atoms with Crippen LogP contribution in [0.2, 0.25) is 0 Å². The summed E-state index contributed by atoms with van der Waals surface area (Å²) in [5.41, 5.74) is 1.06. The van der Waals surface area contributed by atoms with Gasteiger partial charge in [-0.05, 0) is 18.2 Å². The van der Waals surface area contributed by atoms with Crippen molar-refractivity contribution in [1.82, 2.24) is 0 Å². The van der Waals surface area contributed by atoms with Crippen molar-refractivity contribution in [2.24, 2.45) is 0 Å². The normalized spacial score (nSPS) is 11.6. The lowest BCUT2D eigenvalue weighted by Gasteiger charge is -2.05. The number of hydrogen-bond acceptors (Lipinski definition) is 4. The molecule has 0 aliphatic rings. The molecule has 102 valence electrons. The Labute approximate surface area is 115 Å². The minimum Gasteiger partial charge on any atom is -0.384 e. The van der Waals surface area contributed by atoms with E-state index < -0.39 is 10.8 Å². The lowest BCUT2D eigenvalue weighted by molar-refractivity contribution is -0.115. The maximum Gasteiger partial charge on any atom is 0.225 e. The number of carbonyl (C=O) groups is 1. The number of benzene rings is 1. The maximum absolute atomic E-state index is 11.6. The third kappa shape index (κ3) is 6.13. The Kier molecular flexibility index (Phi) is 6.79. The maximum atomic E-state index is 11.6. The van der Waals surface area contributed by atoms with Crippen molar-refractivity contribution in [3.8, 4) is 6.07 Å². The molecule has 0 saturated heterocycles. The summed E-state index contributed by atoms with van der Waals surface area (Å²) in [5, 5.41) is 11.4. The third-order valence-corrected chi connectivity index (χ3v) is 3.63. The molecule has 1 rings (SSSR count). The molecule has 0 radical (unpaired) electrons. The minimum atomic E-state index is -1.04. The molecule has 1 aromatic carbocycles. The van der Waals surface area contributed by atoms with Gasteiger partial charge in [0.1, 0.15) is 0 Å². The zero-order chi connectivity index (χ0) is 14.1. The number of anilines is 1. The zero-order valence-corrected chi connectivity index (χ0v) is 11.5. The standard InChI is InChI=1S/C13H16N2O3S/c1-18-6-8-19(17)7-5-13(16)15-12-4-2-3-11(9-12)10-14/h2-4,9H,5-8H2,1H3,(H,15,16). The van der Waals surface area contributed by atoms with Crippen LogP contribution in [0.25, 0.3) is 0 Å². The highest BCUT2D eigenvalue weighted by Crippen LogP contribution is 2.10. The van der Waals surface area contributed by atoms with Crippen LogP contribution in [0, 0.1) is 11.3 Å². The van der Waals surface area contributed by atoms with Gasteiger partial charge < -0.3 is 10.1 Å². The summed E-state index contributed by atoms with van der Waals surface area (Å²) < 4.78 is 16.3. The van der Waals surface area contributed by atoms with Crippen molar-refractivity contribution < 1.29 is 13.7 Å². The van der Waals surface area contributed by atoms with Crippen LogP contribution in [0.3, 0.4) is 0 Å². The van der Waals surface area contributed by atoms with Gasteiger partial charge in [-0.3, -0.25) is 9.00 Å². The number of nitrogens with zero attached hydrogens (tertiary/aromatic N) is 1. The number of nitriles is 1. The first-order chi connectivity index (χ1) is 9.15. The Bertz CT molecular complexity index is 497. The molecule has 1 atom stereocenters. The van der Waals surface area contributed by atoms with Gasteiger partial charge in [0, 0.05) is 41.5 Å². The average molecular weight is 280 g/mol. The van der Waals surface area contributed by atoms with E-state index in [1.165, 1.54) is 0 Å². The second kappa shape index (κ2) is 8.40. The number of rotatable bonds is 7. The molecule has 0 spiro atoms. The lowest BCUT2D eigenvalue weighted by atomic mass is 10.2. The van der Waals surface area contributed by atoms with Gasteiger partial charge in [0.05, 0.1) is 18.2 Å². The largest absolute Gasteiger partial charge is 0.384 e. The molecule has 6 heteroatoms. The molecule has 0 aliphatic carbocycles. The number of nitrogens with one attached hydrogen (secondary N) is 1. The van der Waals surface area contributed by atoms with Crippen LogP contribution in [-0.2, 0) is 20.3 Å². The van der Waals surface area contributed by atoms with Gasteiger partial charge in [0.2, 0.25) is 5.91 Å². The van der Waals surface area contributed by atoms with Crippen LogP contribution in [0.5, 0.6) is 0 Å². The average Bonchev–Trinajstić information content (AvgIpc) is 2.43. The molecular formula is C13H16N2O3S. The van der Waals surface area contributed by atoms with Crippen LogP contribution >= 0.6 is 0 Å². The molecule has 0 fully saturated rings. The van der Waals surface area contributed by atoms with Crippen molar-refractivity contribution in [1.29, 1.82) is 5.26 Å². The van der Waals surface area contributed by atoms with Crippen LogP contribution < -0.4 is 5.32 Å². The Balaban J connectivity index is 2.39. The van der Waals surface area contributed by atoms with Gasteiger partial charge >= 0.3 is 0 Å². The fraction of sp³-hybridized carbons (Fsp3) is 0.385. The van der Waals surface area contributed by atoms with Crippen LogP contribution in [-0.4, -0.2) is 35.3 Å². The molecule has 19 heavy (non-hydrogen) atoms. The van der Waals surface area contributed by atoms with E-state index in [1.807, 2.05) is 6.07 Å². The SMILES string of the molecule is COCCS(=O)CCC(=O)Nc1cccc(C#N)c1. The van der Waals surface area contributed by atoms with Crippen molar-refractivity contribution in [3.05, 3.63) is 29.8 Å². The Morgan fingerprint density at radius 3 is 2.95 bits per heavy atom. The smallest absolute Gasteiger partial charge is 0.225 e. The molecule has 1 unspecified atom stereocenters. The first-order valence-corrected chi connectivity index (χ1v) is 7.28. The fourth-order valence-corrected chi connectivity index (χ4v) is 2.34. The van der Waals surface area contributed by atoms with Crippen molar-refractivity contribution in [2.45, 2.75) is 6.42 Å². The highest BCUT2D eigenvalue weighted by atomic mass is 32.2. The lowest BCUT2D eigenvalue weighted by Crippen LogP contribution is -2.16. The highest BCUT2D eigenvalue weighted by molar-refractivity contribution is 7.85. The van der Waals surface area contributed by atoms with Crippen molar-refractivity contribution in [3.63, 3.8) is 0 Å². The minimum absolute atomic E-state index is 0.188.